The minimum absolute atomic E-state index is 0.345. The third-order valence-corrected chi connectivity index (χ3v) is 6.62. The first-order chi connectivity index (χ1) is 13.1. The van der Waals surface area contributed by atoms with Crippen LogP contribution in [-0.2, 0) is 16.6 Å². The van der Waals surface area contributed by atoms with Crippen molar-refractivity contribution in [2.24, 2.45) is 0 Å². The predicted octanol–water partition coefficient (Wildman–Crippen LogP) is 0.826. The molecule has 140 valence electrons. The van der Waals surface area contributed by atoms with Crippen LogP contribution in [0.25, 0.3) is 11.4 Å². The Morgan fingerprint density at radius 2 is 1.59 bits per heavy atom. The summed E-state index contributed by atoms with van der Waals surface area (Å²) in [6.45, 7) is 2.96. The van der Waals surface area contributed by atoms with Crippen LogP contribution in [0.4, 0.5) is 0 Å². The van der Waals surface area contributed by atoms with Gasteiger partial charge in [0, 0.05) is 5.56 Å². The van der Waals surface area contributed by atoms with Crippen molar-refractivity contribution >= 4 is 10.0 Å². The van der Waals surface area contributed by atoms with Gasteiger partial charge in [-0.2, -0.15) is 9.29 Å². The lowest BCUT2D eigenvalue weighted by Gasteiger charge is -2.30. The highest BCUT2D eigenvalue weighted by atomic mass is 32.2. The quantitative estimate of drug-likeness (QED) is 0.704. The van der Waals surface area contributed by atoms with Gasteiger partial charge in [-0.05, 0) is 12.1 Å². The molecule has 2 aromatic carbocycles. The first-order valence-electron chi connectivity index (χ1n) is 8.90. The number of sulfonamides is 1. The van der Waals surface area contributed by atoms with Crippen LogP contribution in [-0.4, -0.2) is 49.0 Å². The van der Waals surface area contributed by atoms with Crippen LogP contribution in [0, 0.1) is 0 Å². The van der Waals surface area contributed by atoms with E-state index in [1.807, 2.05) is 36.4 Å². The van der Waals surface area contributed by atoms with E-state index in [0.717, 1.165) is 5.56 Å². The van der Waals surface area contributed by atoms with E-state index in [0.29, 0.717) is 49.3 Å². The normalized spacial score (nSPS) is 16.4. The van der Waals surface area contributed by atoms with Gasteiger partial charge in [0.25, 0.3) is 5.89 Å². The van der Waals surface area contributed by atoms with Crippen molar-refractivity contribution in [2.45, 2.75) is 11.4 Å². The molecule has 3 aromatic rings. The summed E-state index contributed by atoms with van der Waals surface area (Å²) >= 11 is 0. The summed E-state index contributed by atoms with van der Waals surface area (Å²) in [5.41, 5.74) is 0.918. The second-order valence-electron chi connectivity index (χ2n) is 6.52. The molecule has 0 unspecified atom stereocenters. The largest absolute Gasteiger partial charge is 0.333 e. The first-order valence-corrected chi connectivity index (χ1v) is 10.3. The summed E-state index contributed by atoms with van der Waals surface area (Å²) in [6.07, 6.45) is 0. The molecule has 27 heavy (non-hydrogen) atoms. The Morgan fingerprint density at radius 3 is 2.26 bits per heavy atom. The van der Waals surface area contributed by atoms with Gasteiger partial charge in [0.2, 0.25) is 15.8 Å². The SMILES string of the molecule is O=S(=O)(c1ccccc1)N1CC[NH+](Cc2nc(-c3ccccc3)no2)CC1. The Kier molecular flexibility index (Phi) is 5.02. The van der Waals surface area contributed by atoms with Gasteiger partial charge in [-0.15, -0.1) is 0 Å². The summed E-state index contributed by atoms with van der Waals surface area (Å²) in [4.78, 5) is 6.04. The lowest BCUT2D eigenvalue weighted by atomic mass is 10.2. The Hall–Kier alpha value is -2.55. The van der Waals surface area contributed by atoms with Crippen molar-refractivity contribution in [3.8, 4) is 11.4 Å². The fraction of sp³-hybridized carbons (Fsp3) is 0.263. The average molecular weight is 385 g/mol. The van der Waals surface area contributed by atoms with Crippen LogP contribution in [0.15, 0.2) is 70.1 Å². The fourth-order valence-corrected chi connectivity index (χ4v) is 4.67. The number of piperazine rings is 1. The topological polar surface area (TPSA) is 80.7 Å². The molecule has 1 fully saturated rings. The molecule has 1 N–H and O–H groups in total. The zero-order chi connectivity index (χ0) is 18.7. The minimum atomic E-state index is -3.42. The maximum absolute atomic E-state index is 12.7. The summed E-state index contributed by atoms with van der Waals surface area (Å²) < 4.78 is 32.3. The van der Waals surface area contributed by atoms with Gasteiger partial charge >= 0.3 is 0 Å². The highest BCUT2D eigenvalue weighted by molar-refractivity contribution is 7.89. The van der Waals surface area contributed by atoms with Crippen molar-refractivity contribution in [3.05, 3.63) is 66.6 Å². The van der Waals surface area contributed by atoms with E-state index in [-0.39, 0.29) is 0 Å². The van der Waals surface area contributed by atoms with Crippen LogP contribution >= 0.6 is 0 Å². The van der Waals surface area contributed by atoms with Crippen LogP contribution in [0.5, 0.6) is 0 Å². The molecule has 0 atom stereocenters. The van der Waals surface area contributed by atoms with E-state index in [9.17, 15) is 8.42 Å². The van der Waals surface area contributed by atoms with Crippen molar-refractivity contribution < 1.29 is 17.8 Å². The molecule has 1 aliphatic rings. The molecule has 1 aromatic heterocycles. The molecule has 1 aliphatic heterocycles. The number of hydrogen-bond donors (Lipinski definition) is 1. The molecule has 7 nitrogen and oxygen atoms in total. The molecule has 0 saturated carbocycles. The number of aromatic nitrogens is 2. The molecule has 1 saturated heterocycles. The van der Waals surface area contributed by atoms with Gasteiger partial charge in [0.15, 0.2) is 6.54 Å². The summed E-state index contributed by atoms with van der Waals surface area (Å²) in [7, 11) is -3.42. The lowest BCUT2D eigenvalue weighted by molar-refractivity contribution is -0.918. The van der Waals surface area contributed by atoms with Gasteiger partial charge in [-0.3, -0.25) is 0 Å². The number of quaternary nitrogens is 1. The first kappa shape index (κ1) is 17.8. The van der Waals surface area contributed by atoms with Gasteiger partial charge in [0.05, 0.1) is 31.1 Å². The van der Waals surface area contributed by atoms with Gasteiger partial charge in [-0.25, -0.2) is 8.42 Å². The number of benzene rings is 2. The third-order valence-electron chi connectivity index (χ3n) is 4.71. The Morgan fingerprint density at radius 1 is 0.963 bits per heavy atom. The van der Waals surface area contributed by atoms with Crippen LogP contribution in [0.1, 0.15) is 5.89 Å². The highest BCUT2D eigenvalue weighted by Crippen LogP contribution is 2.16. The molecule has 8 heteroatoms. The summed E-state index contributed by atoms with van der Waals surface area (Å²) in [5, 5.41) is 4.04. The van der Waals surface area contributed by atoms with Gasteiger partial charge < -0.3 is 9.42 Å². The predicted molar refractivity (Wildman–Crippen MR) is 99.3 cm³/mol. The monoisotopic (exact) mass is 385 g/mol. The smallest absolute Gasteiger partial charge is 0.282 e. The van der Waals surface area contributed by atoms with Crippen LogP contribution < -0.4 is 4.90 Å². The van der Waals surface area contributed by atoms with E-state index in [2.05, 4.69) is 10.1 Å². The molecule has 0 radical (unpaired) electrons. The molecule has 2 heterocycles. The van der Waals surface area contributed by atoms with Gasteiger partial charge in [-0.1, -0.05) is 53.7 Å². The number of nitrogens with zero attached hydrogens (tertiary/aromatic N) is 3. The average Bonchev–Trinajstić information content (AvgIpc) is 3.18. The van der Waals surface area contributed by atoms with Crippen molar-refractivity contribution in [3.63, 3.8) is 0 Å². The number of rotatable bonds is 5. The van der Waals surface area contributed by atoms with E-state index < -0.39 is 10.0 Å². The van der Waals surface area contributed by atoms with Crippen molar-refractivity contribution in [2.75, 3.05) is 26.2 Å². The van der Waals surface area contributed by atoms with Gasteiger partial charge in [0.1, 0.15) is 0 Å². The number of hydrogen-bond acceptors (Lipinski definition) is 5. The second-order valence-corrected chi connectivity index (χ2v) is 8.46. The molecule has 0 spiro atoms. The maximum atomic E-state index is 12.7. The zero-order valence-corrected chi connectivity index (χ0v) is 15.6. The zero-order valence-electron chi connectivity index (χ0n) is 14.8. The van der Waals surface area contributed by atoms with E-state index >= 15 is 0 Å². The summed E-state index contributed by atoms with van der Waals surface area (Å²) in [5.74, 6) is 1.15. The van der Waals surface area contributed by atoms with Crippen molar-refractivity contribution in [1.82, 2.24) is 14.4 Å². The van der Waals surface area contributed by atoms with E-state index in [4.69, 9.17) is 4.52 Å². The Bertz CT molecular complexity index is 982. The second kappa shape index (κ2) is 7.59. The number of nitrogens with one attached hydrogen (secondary N) is 1. The summed E-state index contributed by atoms with van der Waals surface area (Å²) in [6, 6.07) is 18.3. The molecule has 0 bridgehead atoms. The lowest BCUT2D eigenvalue weighted by Crippen LogP contribution is -3.13. The molecule has 0 amide bonds. The third kappa shape index (κ3) is 3.92. The Balaban J connectivity index is 1.37. The minimum Gasteiger partial charge on any atom is -0.333 e. The fourth-order valence-electron chi connectivity index (χ4n) is 3.21. The van der Waals surface area contributed by atoms with Crippen LogP contribution in [0.3, 0.4) is 0 Å². The molecule has 0 aliphatic carbocycles. The van der Waals surface area contributed by atoms with Crippen molar-refractivity contribution in [1.29, 1.82) is 0 Å². The standard InChI is InChI=1S/C19H20N4O3S/c24-27(25,17-9-5-2-6-10-17)23-13-11-22(12-14-23)15-18-20-19(21-26-18)16-7-3-1-4-8-16/h1-10H,11-15H2/p+1. The molecule has 4 rings (SSSR count). The Labute approximate surface area is 158 Å². The van der Waals surface area contributed by atoms with Crippen LogP contribution in [0.2, 0.25) is 0 Å². The maximum Gasteiger partial charge on any atom is 0.282 e. The van der Waals surface area contributed by atoms with E-state index in [1.165, 1.54) is 4.90 Å². The molecular weight excluding hydrogens is 364 g/mol. The van der Waals surface area contributed by atoms with E-state index in [1.54, 1.807) is 28.6 Å². The highest BCUT2D eigenvalue weighted by Gasteiger charge is 2.31. The molecular formula is C19H21N4O3S+.